The van der Waals surface area contributed by atoms with E-state index in [1.165, 1.54) is 0 Å². The van der Waals surface area contributed by atoms with Crippen molar-refractivity contribution < 1.29 is 4.74 Å². The highest BCUT2D eigenvalue weighted by molar-refractivity contribution is 5.42. The molecule has 0 saturated heterocycles. The molecule has 1 aliphatic rings. The molecule has 0 saturated carbocycles. The Kier molecular flexibility index (Phi) is 2.77. The quantitative estimate of drug-likeness (QED) is 0.719. The molecular formula is C16H18N2O. The molecule has 2 aromatic heterocycles. The summed E-state index contributed by atoms with van der Waals surface area (Å²) >= 11 is 0. The monoisotopic (exact) mass is 254 g/mol. The first kappa shape index (κ1) is 12.2. The molecule has 2 aromatic rings. The van der Waals surface area contributed by atoms with Gasteiger partial charge in [0.05, 0.1) is 5.69 Å². The molecule has 3 heteroatoms. The molecule has 3 heterocycles. The van der Waals surface area contributed by atoms with Crippen LogP contribution in [-0.2, 0) is 18.3 Å². The van der Waals surface area contributed by atoms with Crippen LogP contribution in [0.5, 0.6) is 11.5 Å². The van der Waals surface area contributed by atoms with Crippen LogP contribution in [0.15, 0.2) is 30.6 Å². The van der Waals surface area contributed by atoms with Gasteiger partial charge >= 0.3 is 0 Å². The number of pyridine rings is 2. The van der Waals surface area contributed by atoms with Crippen molar-refractivity contribution in [3.05, 3.63) is 47.5 Å². The summed E-state index contributed by atoms with van der Waals surface area (Å²) < 4.78 is 5.97. The van der Waals surface area contributed by atoms with Crippen LogP contribution < -0.4 is 4.74 Å². The SMILES string of the molecule is CC(C)(C)c1ccc2c(n1)CCc1cnccc1O2. The zero-order valence-electron chi connectivity index (χ0n) is 11.6. The maximum absolute atomic E-state index is 5.97. The Morgan fingerprint density at radius 2 is 1.89 bits per heavy atom. The molecule has 0 unspecified atom stereocenters. The van der Waals surface area contributed by atoms with Gasteiger partial charge in [0.1, 0.15) is 11.5 Å². The van der Waals surface area contributed by atoms with E-state index in [0.717, 1.165) is 41.3 Å². The van der Waals surface area contributed by atoms with Crippen LogP contribution in [0, 0.1) is 0 Å². The van der Waals surface area contributed by atoms with Crippen LogP contribution in [-0.4, -0.2) is 9.97 Å². The third kappa shape index (κ3) is 2.33. The molecule has 3 nitrogen and oxygen atoms in total. The molecular weight excluding hydrogens is 236 g/mol. The third-order valence-corrected chi connectivity index (χ3v) is 3.41. The second-order valence-corrected chi connectivity index (χ2v) is 5.98. The predicted octanol–water partition coefficient (Wildman–Crippen LogP) is 3.67. The van der Waals surface area contributed by atoms with Crippen LogP contribution in [0.25, 0.3) is 0 Å². The highest BCUT2D eigenvalue weighted by atomic mass is 16.5. The smallest absolute Gasteiger partial charge is 0.148 e. The van der Waals surface area contributed by atoms with Gasteiger partial charge in [-0.3, -0.25) is 9.97 Å². The molecule has 0 N–H and O–H groups in total. The number of fused-ring (bicyclic) bond motifs is 2. The van der Waals surface area contributed by atoms with E-state index in [0.29, 0.717) is 0 Å². The lowest BCUT2D eigenvalue weighted by molar-refractivity contribution is 0.472. The molecule has 0 atom stereocenters. The number of hydrogen-bond donors (Lipinski definition) is 0. The first-order valence-corrected chi connectivity index (χ1v) is 6.65. The summed E-state index contributed by atoms with van der Waals surface area (Å²) in [4.78, 5) is 8.94. The van der Waals surface area contributed by atoms with Gasteiger partial charge in [-0.1, -0.05) is 20.8 Å². The number of aromatic nitrogens is 2. The largest absolute Gasteiger partial charge is 0.455 e. The van der Waals surface area contributed by atoms with E-state index in [9.17, 15) is 0 Å². The van der Waals surface area contributed by atoms with Crippen LogP contribution in [0.3, 0.4) is 0 Å². The van der Waals surface area contributed by atoms with Crippen molar-refractivity contribution in [2.45, 2.75) is 39.0 Å². The molecule has 1 aliphatic heterocycles. The van der Waals surface area contributed by atoms with Gasteiger partial charge in [0, 0.05) is 29.1 Å². The summed E-state index contributed by atoms with van der Waals surface area (Å²) in [5, 5.41) is 0. The fourth-order valence-electron chi connectivity index (χ4n) is 2.25. The number of aryl methyl sites for hydroxylation is 2. The normalized spacial score (nSPS) is 14.1. The van der Waals surface area contributed by atoms with E-state index in [1.54, 1.807) is 6.20 Å². The second kappa shape index (κ2) is 4.34. The Balaban J connectivity index is 2.02. The minimum atomic E-state index is 0.0652. The van der Waals surface area contributed by atoms with Gasteiger partial charge < -0.3 is 4.74 Å². The van der Waals surface area contributed by atoms with Crippen molar-refractivity contribution in [1.29, 1.82) is 0 Å². The van der Waals surface area contributed by atoms with Gasteiger partial charge in [0.2, 0.25) is 0 Å². The van der Waals surface area contributed by atoms with Crippen molar-refractivity contribution in [3.63, 3.8) is 0 Å². The number of nitrogens with zero attached hydrogens (tertiary/aromatic N) is 2. The van der Waals surface area contributed by atoms with Gasteiger partial charge in [-0.25, -0.2) is 0 Å². The summed E-state index contributed by atoms with van der Waals surface area (Å²) in [7, 11) is 0. The highest BCUT2D eigenvalue weighted by Gasteiger charge is 2.20. The van der Waals surface area contributed by atoms with E-state index in [4.69, 9.17) is 9.72 Å². The predicted molar refractivity (Wildman–Crippen MR) is 74.7 cm³/mol. The average Bonchev–Trinajstić information content (AvgIpc) is 2.55. The van der Waals surface area contributed by atoms with Gasteiger partial charge in [-0.05, 0) is 31.0 Å². The zero-order valence-corrected chi connectivity index (χ0v) is 11.6. The van der Waals surface area contributed by atoms with E-state index < -0.39 is 0 Å². The van der Waals surface area contributed by atoms with Crippen molar-refractivity contribution in [2.75, 3.05) is 0 Å². The van der Waals surface area contributed by atoms with Crippen molar-refractivity contribution in [2.24, 2.45) is 0 Å². The Labute approximate surface area is 113 Å². The molecule has 98 valence electrons. The molecule has 0 spiro atoms. The molecule has 0 fully saturated rings. The number of hydrogen-bond acceptors (Lipinski definition) is 3. The van der Waals surface area contributed by atoms with Crippen LogP contribution in [0.2, 0.25) is 0 Å². The van der Waals surface area contributed by atoms with Crippen molar-refractivity contribution in [1.82, 2.24) is 9.97 Å². The second-order valence-electron chi connectivity index (χ2n) is 5.98. The lowest BCUT2D eigenvalue weighted by Crippen LogP contribution is -2.14. The van der Waals surface area contributed by atoms with Crippen LogP contribution in [0.1, 0.15) is 37.7 Å². The number of rotatable bonds is 0. The minimum Gasteiger partial charge on any atom is -0.455 e. The van der Waals surface area contributed by atoms with E-state index in [-0.39, 0.29) is 5.41 Å². The van der Waals surface area contributed by atoms with E-state index in [2.05, 4.69) is 31.8 Å². The molecule has 0 aliphatic carbocycles. The molecule has 3 rings (SSSR count). The summed E-state index contributed by atoms with van der Waals surface area (Å²) in [5.41, 5.74) is 3.37. The summed E-state index contributed by atoms with van der Waals surface area (Å²) in [6.45, 7) is 6.54. The average molecular weight is 254 g/mol. The lowest BCUT2D eigenvalue weighted by Gasteiger charge is -2.19. The van der Waals surface area contributed by atoms with Crippen LogP contribution in [0.4, 0.5) is 0 Å². The van der Waals surface area contributed by atoms with E-state index in [1.807, 2.05) is 18.3 Å². The summed E-state index contributed by atoms with van der Waals surface area (Å²) in [5.74, 6) is 1.78. The molecule has 0 aromatic carbocycles. The fourth-order valence-corrected chi connectivity index (χ4v) is 2.25. The van der Waals surface area contributed by atoms with Gasteiger partial charge in [-0.15, -0.1) is 0 Å². The Morgan fingerprint density at radius 3 is 2.68 bits per heavy atom. The minimum absolute atomic E-state index is 0.0652. The van der Waals surface area contributed by atoms with E-state index >= 15 is 0 Å². The van der Waals surface area contributed by atoms with Gasteiger partial charge in [0.15, 0.2) is 0 Å². The van der Waals surface area contributed by atoms with Crippen molar-refractivity contribution in [3.8, 4) is 11.5 Å². The Hall–Kier alpha value is -1.90. The summed E-state index contributed by atoms with van der Waals surface area (Å²) in [6, 6.07) is 6.02. The fraction of sp³-hybridized carbons (Fsp3) is 0.375. The third-order valence-electron chi connectivity index (χ3n) is 3.41. The van der Waals surface area contributed by atoms with Gasteiger partial charge in [0.25, 0.3) is 0 Å². The Bertz CT molecular complexity index is 614. The maximum Gasteiger partial charge on any atom is 0.148 e. The first-order valence-electron chi connectivity index (χ1n) is 6.65. The topological polar surface area (TPSA) is 35.0 Å². The maximum atomic E-state index is 5.97. The molecule has 0 bridgehead atoms. The Morgan fingerprint density at radius 1 is 1.05 bits per heavy atom. The standard InChI is InChI=1S/C16H18N2O/c1-16(2,3)15-7-6-14-12(18-15)5-4-11-10-17-9-8-13(11)19-14/h6-10H,4-5H2,1-3H3. The van der Waals surface area contributed by atoms with Gasteiger partial charge in [-0.2, -0.15) is 0 Å². The number of ether oxygens (including phenoxy) is 1. The molecule has 19 heavy (non-hydrogen) atoms. The van der Waals surface area contributed by atoms with Crippen LogP contribution >= 0.6 is 0 Å². The zero-order chi connectivity index (χ0) is 13.5. The van der Waals surface area contributed by atoms with Crippen molar-refractivity contribution >= 4 is 0 Å². The highest BCUT2D eigenvalue weighted by Crippen LogP contribution is 2.33. The molecule has 0 amide bonds. The first-order chi connectivity index (χ1) is 9.04. The molecule has 0 radical (unpaired) electrons. The lowest BCUT2D eigenvalue weighted by atomic mass is 9.91. The summed E-state index contributed by atoms with van der Waals surface area (Å²) in [6.07, 6.45) is 5.47.